The van der Waals surface area contributed by atoms with E-state index in [2.05, 4.69) is 10.0 Å². The molecular formula is C16H17FN2O3S. The van der Waals surface area contributed by atoms with Crippen molar-refractivity contribution < 1.29 is 17.6 Å². The summed E-state index contributed by atoms with van der Waals surface area (Å²) in [5, 5.41) is 2.42. The Morgan fingerprint density at radius 1 is 1.04 bits per heavy atom. The van der Waals surface area contributed by atoms with Crippen molar-refractivity contribution in [1.82, 2.24) is 4.72 Å². The van der Waals surface area contributed by atoms with E-state index >= 15 is 0 Å². The molecule has 5 nitrogen and oxygen atoms in total. The van der Waals surface area contributed by atoms with Gasteiger partial charge in [0.25, 0.3) is 0 Å². The van der Waals surface area contributed by atoms with Crippen LogP contribution < -0.4 is 10.0 Å². The van der Waals surface area contributed by atoms with Gasteiger partial charge in [0.1, 0.15) is 5.82 Å². The summed E-state index contributed by atoms with van der Waals surface area (Å²) in [6.07, 6.45) is 0.363. The number of rotatable bonds is 7. The third-order valence-corrected chi connectivity index (χ3v) is 4.39. The molecule has 0 radical (unpaired) electrons. The summed E-state index contributed by atoms with van der Waals surface area (Å²) in [6.45, 7) is -0.395. The number of nitrogens with one attached hydrogen (secondary N) is 2. The fourth-order valence-corrected chi connectivity index (χ4v) is 2.92. The lowest BCUT2D eigenvalue weighted by atomic mass is 10.2. The third kappa shape index (κ3) is 6.17. The van der Waals surface area contributed by atoms with Gasteiger partial charge in [-0.1, -0.05) is 36.4 Å². The topological polar surface area (TPSA) is 75.3 Å². The highest BCUT2D eigenvalue weighted by Gasteiger charge is 2.12. The Kier molecular flexibility index (Phi) is 5.84. The zero-order valence-electron chi connectivity index (χ0n) is 12.3. The summed E-state index contributed by atoms with van der Waals surface area (Å²) in [4.78, 5) is 11.7. The Balaban J connectivity index is 1.80. The molecule has 2 N–H and O–H groups in total. The van der Waals surface area contributed by atoms with E-state index in [0.717, 1.165) is 11.6 Å². The molecule has 0 unspecified atom stereocenters. The number of hydrogen-bond acceptors (Lipinski definition) is 3. The minimum absolute atomic E-state index is 0.107. The van der Waals surface area contributed by atoms with E-state index < -0.39 is 28.3 Å². The van der Waals surface area contributed by atoms with Gasteiger partial charge in [0.05, 0.1) is 12.3 Å². The quantitative estimate of drug-likeness (QED) is 0.811. The Morgan fingerprint density at radius 2 is 1.78 bits per heavy atom. The van der Waals surface area contributed by atoms with Crippen LogP contribution in [0.1, 0.15) is 5.56 Å². The summed E-state index contributed by atoms with van der Waals surface area (Å²) in [5.41, 5.74) is 1.18. The molecule has 0 saturated carbocycles. The van der Waals surface area contributed by atoms with Crippen molar-refractivity contribution >= 4 is 21.6 Å². The Hall–Kier alpha value is -2.25. The number of benzene rings is 2. The van der Waals surface area contributed by atoms with E-state index in [4.69, 9.17) is 0 Å². The van der Waals surface area contributed by atoms with Gasteiger partial charge in [-0.2, -0.15) is 0 Å². The Labute approximate surface area is 134 Å². The summed E-state index contributed by atoms with van der Waals surface area (Å²) in [5.74, 6) is -1.14. The smallest absolute Gasteiger partial charge is 0.239 e. The monoisotopic (exact) mass is 336 g/mol. The molecule has 0 aliphatic heterocycles. The van der Waals surface area contributed by atoms with Gasteiger partial charge in [0, 0.05) is 5.69 Å². The fraction of sp³-hybridized carbons (Fsp3) is 0.188. The first-order chi connectivity index (χ1) is 10.9. The summed E-state index contributed by atoms with van der Waals surface area (Å²) in [7, 11) is -3.56. The van der Waals surface area contributed by atoms with E-state index in [0.29, 0.717) is 6.42 Å². The van der Waals surface area contributed by atoms with Crippen LogP contribution in [0.3, 0.4) is 0 Å². The van der Waals surface area contributed by atoms with Gasteiger partial charge in [-0.15, -0.1) is 0 Å². The van der Waals surface area contributed by atoms with Crippen LogP contribution in [-0.2, 0) is 21.2 Å². The van der Waals surface area contributed by atoms with Crippen LogP contribution in [0.15, 0.2) is 54.6 Å². The van der Waals surface area contributed by atoms with Crippen LogP contribution in [0.25, 0.3) is 0 Å². The van der Waals surface area contributed by atoms with E-state index in [-0.39, 0.29) is 11.4 Å². The van der Waals surface area contributed by atoms with E-state index in [1.807, 2.05) is 30.3 Å². The zero-order chi connectivity index (χ0) is 16.7. The highest BCUT2D eigenvalue weighted by atomic mass is 32.2. The van der Waals surface area contributed by atoms with Gasteiger partial charge >= 0.3 is 0 Å². The summed E-state index contributed by atoms with van der Waals surface area (Å²) >= 11 is 0. The third-order valence-electron chi connectivity index (χ3n) is 3.06. The molecule has 0 bridgehead atoms. The van der Waals surface area contributed by atoms with Crippen molar-refractivity contribution in [3.05, 3.63) is 66.0 Å². The van der Waals surface area contributed by atoms with Gasteiger partial charge in [-0.05, 0) is 30.2 Å². The molecule has 0 heterocycles. The van der Waals surface area contributed by atoms with Crippen LogP contribution in [0.2, 0.25) is 0 Å². The lowest BCUT2D eigenvalue weighted by Gasteiger charge is -2.08. The van der Waals surface area contributed by atoms with Gasteiger partial charge in [-0.3, -0.25) is 4.79 Å². The maximum absolute atomic E-state index is 13.0. The molecule has 0 saturated heterocycles. The molecule has 0 aliphatic rings. The van der Waals surface area contributed by atoms with Crippen molar-refractivity contribution in [2.75, 3.05) is 17.6 Å². The molecule has 23 heavy (non-hydrogen) atoms. The van der Waals surface area contributed by atoms with E-state index in [9.17, 15) is 17.6 Å². The number of carbonyl (C=O) groups excluding carboxylic acids is 1. The number of sulfonamides is 1. The average molecular weight is 336 g/mol. The summed E-state index contributed by atoms with van der Waals surface area (Å²) in [6, 6.07) is 14.6. The molecule has 0 fully saturated rings. The number of halogens is 1. The minimum Gasteiger partial charge on any atom is -0.325 e. The predicted octanol–water partition coefficient (Wildman–Crippen LogP) is 1.93. The first-order valence-electron chi connectivity index (χ1n) is 7.01. The highest BCUT2D eigenvalue weighted by Crippen LogP contribution is 2.08. The van der Waals surface area contributed by atoms with Crippen LogP contribution in [0.5, 0.6) is 0 Å². The maximum Gasteiger partial charge on any atom is 0.239 e. The highest BCUT2D eigenvalue weighted by molar-refractivity contribution is 7.89. The molecule has 122 valence electrons. The average Bonchev–Trinajstić information content (AvgIpc) is 2.52. The number of amides is 1. The SMILES string of the molecule is O=C(CNS(=O)(=O)CCc1ccccc1)Nc1cccc(F)c1. The molecule has 2 rings (SSSR count). The maximum atomic E-state index is 13.0. The molecule has 0 spiro atoms. The van der Waals surface area contributed by atoms with Gasteiger partial charge in [0.15, 0.2) is 0 Å². The van der Waals surface area contributed by atoms with E-state index in [1.54, 1.807) is 0 Å². The van der Waals surface area contributed by atoms with Gasteiger partial charge in [-0.25, -0.2) is 17.5 Å². The fourth-order valence-electron chi connectivity index (χ4n) is 1.92. The van der Waals surface area contributed by atoms with Crippen molar-refractivity contribution in [1.29, 1.82) is 0 Å². The van der Waals surface area contributed by atoms with Crippen LogP contribution >= 0.6 is 0 Å². The van der Waals surface area contributed by atoms with E-state index in [1.165, 1.54) is 18.2 Å². The number of anilines is 1. The second kappa shape index (κ2) is 7.85. The molecule has 0 aromatic heterocycles. The van der Waals surface area contributed by atoms with Crippen molar-refractivity contribution in [3.8, 4) is 0 Å². The molecule has 0 atom stereocenters. The van der Waals surface area contributed by atoms with Crippen LogP contribution in [0.4, 0.5) is 10.1 Å². The lowest BCUT2D eigenvalue weighted by molar-refractivity contribution is -0.115. The largest absolute Gasteiger partial charge is 0.325 e. The second-order valence-corrected chi connectivity index (χ2v) is 6.86. The van der Waals surface area contributed by atoms with Crippen molar-refractivity contribution in [2.24, 2.45) is 0 Å². The van der Waals surface area contributed by atoms with Crippen LogP contribution in [0, 0.1) is 5.82 Å². The molecule has 0 aliphatic carbocycles. The predicted molar refractivity (Wildman–Crippen MR) is 87.0 cm³/mol. The molecule has 2 aromatic rings. The molecule has 7 heteroatoms. The number of hydrogen-bond donors (Lipinski definition) is 2. The Morgan fingerprint density at radius 3 is 2.48 bits per heavy atom. The van der Waals surface area contributed by atoms with Crippen LogP contribution in [-0.4, -0.2) is 26.6 Å². The molecule has 1 amide bonds. The molecular weight excluding hydrogens is 319 g/mol. The molecule has 2 aromatic carbocycles. The van der Waals surface area contributed by atoms with Gasteiger partial charge < -0.3 is 5.32 Å². The summed E-state index contributed by atoms with van der Waals surface area (Å²) < 4.78 is 38.9. The standard InChI is InChI=1S/C16H17FN2O3S/c17-14-7-4-8-15(11-14)19-16(20)12-18-23(21,22)10-9-13-5-2-1-3-6-13/h1-8,11,18H,9-10,12H2,(H,19,20). The number of carbonyl (C=O) groups is 1. The lowest BCUT2D eigenvalue weighted by Crippen LogP contribution is -2.34. The first-order valence-corrected chi connectivity index (χ1v) is 8.66. The zero-order valence-corrected chi connectivity index (χ0v) is 13.1. The Bertz CT molecular complexity index is 764. The van der Waals surface area contributed by atoms with Crippen molar-refractivity contribution in [2.45, 2.75) is 6.42 Å². The number of aryl methyl sites for hydroxylation is 1. The van der Waals surface area contributed by atoms with Gasteiger partial charge in [0.2, 0.25) is 15.9 Å². The normalized spacial score (nSPS) is 11.2. The second-order valence-electron chi connectivity index (χ2n) is 4.93. The van der Waals surface area contributed by atoms with Crippen molar-refractivity contribution in [3.63, 3.8) is 0 Å². The minimum atomic E-state index is -3.56. The first kappa shape index (κ1) is 17.1.